The number of hydrogen-bond donors (Lipinski definition) is 0. The van der Waals surface area contributed by atoms with E-state index in [0.717, 1.165) is 111 Å². The number of rotatable bonds is 10. The van der Waals surface area contributed by atoms with Crippen molar-refractivity contribution in [3.63, 3.8) is 0 Å². The van der Waals surface area contributed by atoms with Crippen LogP contribution in [0.1, 0.15) is 0 Å². The molecule has 12 aromatic carbocycles. The number of benzene rings is 12. The average molecular weight is 1080 g/mol. The van der Waals surface area contributed by atoms with Crippen LogP contribution in [0.5, 0.6) is 0 Å². The Morgan fingerprint density at radius 3 is 1.36 bits per heavy atom. The third kappa shape index (κ3) is 8.21. The molecule has 2 atom stereocenters. The van der Waals surface area contributed by atoms with Crippen LogP contribution in [0.2, 0.25) is 0 Å². The summed E-state index contributed by atoms with van der Waals surface area (Å²) in [6.45, 7) is 0. The molecule has 2 nitrogen and oxygen atoms in total. The first-order valence-electron chi connectivity index (χ1n) is 28.8. The number of hydrogen-bond acceptors (Lipinski definition) is 2. The minimum Gasteiger partial charge on any atom is -0.330 e. The molecule has 4 heteroatoms. The van der Waals surface area contributed by atoms with E-state index in [1.54, 1.807) is 24.3 Å². The molecule has 16 rings (SSSR count). The summed E-state index contributed by atoms with van der Waals surface area (Å²) in [6, 6.07) is 87.8. The quantitative estimate of drug-likeness (QED) is 0.135. The zero-order chi connectivity index (χ0) is 55.8. The van der Waals surface area contributed by atoms with Gasteiger partial charge in [0, 0.05) is 34.1 Å². The molecule has 0 radical (unpaired) electrons. The largest absolute Gasteiger partial charge is 0.330 e. The molecule has 0 fully saturated rings. The fourth-order valence-corrected chi connectivity index (χ4v) is 13.7. The molecule has 0 amide bonds. The summed E-state index contributed by atoms with van der Waals surface area (Å²) >= 11 is 0. The van der Waals surface area contributed by atoms with Crippen molar-refractivity contribution in [2.45, 2.75) is 6.04 Å². The number of nitrogens with zero attached hydrogens (tertiary/aromatic N) is 2. The fraction of sp³-hybridized carbons (Fsp3) is 0.0250. The van der Waals surface area contributed by atoms with Crippen LogP contribution < -0.4 is 9.80 Å². The van der Waals surface area contributed by atoms with Crippen LogP contribution in [0.3, 0.4) is 0 Å². The standard InChI is InChI=1S/C80H52F2N2/c81-59-35-39-61(40-36-59)83(77-47-33-57(67-25-9-17-51-13-1-5-21-63(51)67)49-73(77)69-27-11-19-53-15-3-7-23-65(53)69)75-45-31-55-30-44-72-76(46-32-56-29-43-71(75)79(55)80(56)72)84(62-41-37-60(82)38-42-62)78-48-34-58(68-26-10-18-52-14-2-6-22-64(52)68)50-74(78)70-28-12-20-54-16-4-8-24-66(54)70/h1-50,75,80H. The molecule has 396 valence electrons. The van der Waals surface area contributed by atoms with Gasteiger partial charge < -0.3 is 9.80 Å². The van der Waals surface area contributed by atoms with Crippen molar-refractivity contribution in [2.24, 2.45) is 5.92 Å². The summed E-state index contributed by atoms with van der Waals surface area (Å²) in [5.41, 5.74) is 19.4. The molecular weight excluding hydrogens is 1030 g/mol. The van der Waals surface area contributed by atoms with Crippen molar-refractivity contribution in [3.8, 4) is 44.5 Å². The maximum absolute atomic E-state index is 15.2. The number of allylic oxidation sites excluding steroid dienone is 10. The van der Waals surface area contributed by atoms with E-state index in [9.17, 15) is 0 Å². The van der Waals surface area contributed by atoms with E-state index < -0.39 is 0 Å². The molecule has 0 aliphatic heterocycles. The molecule has 0 heterocycles. The Labute approximate surface area is 486 Å². The first-order valence-corrected chi connectivity index (χ1v) is 28.8. The van der Waals surface area contributed by atoms with Crippen molar-refractivity contribution in [1.29, 1.82) is 0 Å². The molecule has 0 aromatic heterocycles. The Morgan fingerprint density at radius 2 is 0.810 bits per heavy atom. The topological polar surface area (TPSA) is 6.48 Å². The van der Waals surface area contributed by atoms with Gasteiger partial charge in [0.25, 0.3) is 0 Å². The van der Waals surface area contributed by atoms with E-state index in [1.165, 1.54) is 32.7 Å². The molecule has 2 unspecified atom stereocenters. The predicted molar refractivity (Wildman–Crippen MR) is 347 cm³/mol. The molecule has 4 aliphatic carbocycles. The van der Waals surface area contributed by atoms with E-state index in [4.69, 9.17) is 0 Å². The Morgan fingerprint density at radius 1 is 0.345 bits per heavy atom. The highest BCUT2D eigenvalue weighted by molar-refractivity contribution is 6.06. The van der Waals surface area contributed by atoms with Gasteiger partial charge in [0.1, 0.15) is 11.6 Å². The van der Waals surface area contributed by atoms with E-state index >= 15 is 8.78 Å². The Hall–Kier alpha value is -10.7. The van der Waals surface area contributed by atoms with Gasteiger partial charge >= 0.3 is 0 Å². The lowest BCUT2D eigenvalue weighted by Crippen LogP contribution is -2.37. The van der Waals surface area contributed by atoms with Crippen molar-refractivity contribution in [1.82, 2.24) is 0 Å². The molecule has 12 aromatic rings. The third-order valence-electron chi connectivity index (χ3n) is 17.5. The lowest BCUT2D eigenvalue weighted by atomic mass is 9.67. The molecule has 0 N–H and O–H groups in total. The Balaban J connectivity index is 0.877. The van der Waals surface area contributed by atoms with Gasteiger partial charge in [-0.25, -0.2) is 8.78 Å². The van der Waals surface area contributed by atoms with Crippen molar-refractivity contribution < 1.29 is 8.78 Å². The summed E-state index contributed by atoms with van der Waals surface area (Å²) in [4.78, 5) is 4.75. The third-order valence-corrected chi connectivity index (χ3v) is 17.5. The molecule has 84 heavy (non-hydrogen) atoms. The summed E-state index contributed by atoms with van der Waals surface area (Å²) in [6.07, 6.45) is 18.3. The van der Waals surface area contributed by atoms with Gasteiger partial charge in [0.15, 0.2) is 0 Å². The maximum Gasteiger partial charge on any atom is 0.123 e. The SMILES string of the molecule is Fc1ccc(N(C2=C3C=CC4=C5C(=CC=C(C=C2)C35)C(N(c2ccc(F)cc2)c2ccc(-c3cccc5ccccc35)cc2-c2cccc3ccccc23)C=C4)c2ccc(-c3cccc4ccccc34)cc2-c2cccc3ccccc23)cc1. The number of anilines is 4. The highest BCUT2D eigenvalue weighted by Gasteiger charge is 2.41. The second kappa shape index (κ2) is 20.1. The monoisotopic (exact) mass is 1080 g/mol. The van der Waals surface area contributed by atoms with Gasteiger partial charge in [-0.15, -0.1) is 0 Å². The zero-order valence-corrected chi connectivity index (χ0v) is 45.7. The van der Waals surface area contributed by atoms with E-state index in [1.807, 2.05) is 24.3 Å². The summed E-state index contributed by atoms with van der Waals surface area (Å²) in [5.74, 6) is -0.731. The van der Waals surface area contributed by atoms with Gasteiger partial charge in [-0.2, -0.15) is 0 Å². The maximum atomic E-state index is 15.2. The second-order valence-electron chi connectivity index (χ2n) is 22.1. The molecule has 0 saturated heterocycles. The lowest BCUT2D eigenvalue weighted by molar-refractivity contribution is 0.627. The van der Waals surface area contributed by atoms with Gasteiger partial charge in [0.2, 0.25) is 0 Å². The summed E-state index contributed by atoms with van der Waals surface area (Å²) < 4.78 is 30.5. The van der Waals surface area contributed by atoms with Crippen molar-refractivity contribution in [3.05, 3.63) is 349 Å². The van der Waals surface area contributed by atoms with Gasteiger partial charge in [-0.3, -0.25) is 0 Å². The highest BCUT2D eigenvalue weighted by Crippen LogP contribution is 2.54. The first kappa shape index (κ1) is 49.2. The molecule has 0 bridgehead atoms. The lowest BCUT2D eigenvalue weighted by Gasteiger charge is -2.44. The molecular formula is C80H52F2N2. The molecule has 0 spiro atoms. The number of halogens is 2. The van der Waals surface area contributed by atoms with E-state index in [2.05, 4.69) is 265 Å². The Kier molecular flexibility index (Phi) is 11.8. The van der Waals surface area contributed by atoms with Crippen molar-refractivity contribution >= 4 is 65.8 Å². The second-order valence-corrected chi connectivity index (χ2v) is 22.1. The van der Waals surface area contributed by atoms with Crippen molar-refractivity contribution in [2.75, 3.05) is 9.80 Å². The van der Waals surface area contributed by atoms with Crippen LogP contribution >= 0.6 is 0 Å². The van der Waals surface area contributed by atoms with Crippen LogP contribution in [0.25, 0.3) is 87.6 Å². The number of fused-ring (bicyclic) bond motifs is 4. The smallest absolute Gasteiger partial charge is 0.123 e. The first-order chi connectivity index (χ1) is 41.5. The van der Waals surface area contributed by atoms with E-state index in [-0.39, 0.29) is 23.6 Å². The van der Waals surface area contributed by atoms with Gasteiger partial charge in [-0.1, -0.05) is 225 Å². The van der Waals surface area contributed by atoms with Gasteiger partial charge in [0.05, 0.1) is 17.4 Å². The summed E-state index contributed by atoms with van der Waals surface area (Å²) in [7, 11) is 0. The van der Waals surface area contributed by atoms with Crippen LogP contribution in [0.4, 0.5) is 31.5 Å². The Bertz CT molecular complexity index is 4910. The average Bonchev–Trinajstić information content (AvgIpc) is 1.29. The minimum atomic E-state index is -0.306. The molecule has 4 aliphatic rings. The molecule has 0 saturated carbocycles. The minimum absolute atomic E-state index is 0.141. The van der Waals surface area contributed by atoms with Crippen LogP contribution in [-0.2, 0) is 0 Å². The zero-order valence-electron chi connectivity index (χ0n) is 45.7. The van der Waals surface area contributed by atoms with Crippen LogP contribution in [-0.4, -0.2) is 6.04 Å². The van der Waals surface area contributed by atoms with Gasteiger partial charge in [-0.05, 0) is 183 Å². The highest BCUT2D eigenvalue weighted by atomic mass is 19.1. The van der Waals surface area contributed by atoms with Crippen LogP contribution in [0.15, 0.2) is 337 Å². The predicted octanol–water partition coefficient (Wildman–Crippen LogP) is 21.3. The normalized spacial score (nSPS) is 15.9. The summed E-state index contributed by atoms with van der Waals surface area (Å²) in [5, 5.41) is 9.33. The van der Waals surface area contributed by atoms with E-state index in [0.29, 0.717) is 0 Å². The van der Waals surface area contributed by atoms with Crippen LogP contribution in [0, 0.1) is 17.6 Å². The fourth-order valence-electron chi connectivity index (χ4n) is 13.7.